The van der Waals surface area contributed by atoms with Crippen molar-refractivity contribution in [3.8, 4) is 6.07 Å². The first-order valence-electron chi connectivity index (χ1n) is 6.21. The molecule has 4 nitrogen and oxygen atoms in total. The molecule has 1 fully saturated rings. The molecular formula is C13H16BrN3O. The SMILES string of the molecule is CCN(CCC#N)C(=O)c1cc(Br)cn1C1CC1. The third kappa shape index (κ3) is 2.75. The summed E-state index contributed by atoms with van der Waals surface area (Å²) in [6.45, 7) is 3.07. The number of carbonyl (C=O) groups excluding carboxylic acids is 1. The Hall–Kier alpha value is -1.28. The first kappa shape index (κ1) is 13.2. The predicted octanol–water partition coefficient (Wildman–Crippen LogP) is 2.96. The molecule has 0 aromatic carbocycles. The molecule has 0 atom stereocenters. The van der Waals surface area contributed by atoms with Crippen LogP contribution in [0.3, 0.4) is 0 Å². The van der Waals surface area contributed by atoms with Crippen LogP contribution in [0.25, 0.3) is 0 Å². The van der Waals surface area contributed by atoms with Gasteiger partial charge in [0.1, 0.15) is 5.69 Å². The lowest BCUT2D eigenvalue weighted by molar-refractivity contribution is 0.0756. The zero-order valence-electron chi connectivity index (χ0n) is 10.4. The van der Waals surface area contributed by atoms with E-state index in [1.54, 1.807) is 4.90 Å². The van der Waals surface area contributed by atoms with E-state index < -0.39 is 0 Å². The van der Waals surface area contributed by atoms with E-state index in [0.717, 1.165) is 23.0 Å². The standard InChI is InChI=1S/C13H16BrN3O/c1-2-16(7-3-6-15)13(18)12-8-10(14)9-17(12)11-4-5-11/h8-9,11H,2-5,7H2,1H3. The third-order valence-corrected chi connectivity index (χ3v) is 3.57. The monoisotopic (exact) mass is 309 g/mol. The molecule has 1 amide bonds. The Morgan fingerprint density at radius 2 is 2.39 bits per heavy atom. The molecule has 5 heteroatoms. The molecule has 1 aliphatic carbocycles. The van der Waals surface area contributed by atoms with Crippen LogP contribution in [0.15, 0.2) is 16.7 Å². The number of rotatable bonds is 5. The highest BCUT2D eigenvalue weighted by atomic mass is 79.9. The summed E-state index contributed by atoms with van der Waals surface area (Å²) in [5.74, 6) is 0.0188. The Kier molecular flexibility index (Phi) is 4.07. The van der Waals surface area contributed by atoms with Crippen molar-refractivity contribution in [3.63, 3.8) is 0 Å². The molecule has 0 radical (unpaired) electrons. The van der Waals surface area contributed by atoms with Gasteiger partial charge < -0.3 is 9.47 Å². The van der Waals surface area contributed by atoms with E-state index in [0.29, 0.717) is 25.6 Å². The van der Waals surface area contributed by atoms with Crippen LogP contribution < -0.4 is 0 Å². The van der Waals surface area contributed by atoms with Gasteiger partial charge in [-0.3, -0.25) is 4.79 Å². The second kappa shape index (κ2) is 5.57. The van der Waals surface area contributed by atoms with Gasteiger partial charge in [-0.2, -0.15) is 5.26 Å². The molecule has 0 aliphatic heterocycles. The first-order chi connectivity index (χ1) is 8.67. The number of nitriles is 1. The Labute approximate surface area is 115 Å². The van der Waals surface area contributed by atoms with E-state index in [9.17, 15) is 4.79 Å². The number of nitrogens with zero attached hydrogens (tertiary/aromatic N) is 3. The molecule has 0 bridgehead atoms. The van der Waals surface area contributed by atoms with Gasteiger partial charge in [0.2, 0.25) is 0 Å². The molecule has 1 aromatic rings. The van der Waals surface area contributed by atoms with Gasteiger partial charge in [0.15, 0.2) is 0 Å². The van der Waals surface area contributed by atoms with Gasteiger partial charge in [-0.15, -0.1) is 0 Å². The lowest BCUT2D eigenvalue weighted by Gasteiger charge is -2.20. The van der Waals surface area contributed by atoms with E-state index >= 15 is 0 Å². The lowest BCUT2D eigenvalue weighted by Crippen LogP contribution is -2.33. The number of aromatic nitrogens is 1. The van der Waals surface area contributed by atoms with Gasteiger partial charge in [-0.1, -0.05) is 0 Å². The number of halogens is 1. The molecule has 0 saturated heterocycles. The number of carbonyl (C=O) groups is 1. The second-order valence-electron chi connectivity index (χ2n) is 4.47. The predicted molar refractivity (Wildman–Crippen MR) is 72.2 cm³/mol. The molecule has 96 valence electrons. The van der Waals surface area contributed by atoms with E-state index in [1.807, 2.05) is 19.2 Å². The van der Waals surface area contributed by atoms with E-state index in [4.69, 9.17) is 5.26 Å². The fourth-order valence-corrected chi connectivity index (χ4v) is 2.46. The molecule has 2 rings (SSSR count). The molecular weight excluding hydrogens is 294 g/mol. The average Bonchev–Trinajstić information content (AvgIpc) is 3.13. The fourth-order valence-electron chi connectivity index (χ4n) is 2.02. The normalized spacial score (nSPS) is 14.3. The molecule has 1 aromatic heterocycles. The maximum absolute atomic E-state index is 12.4. The van der Waals surface area contributed by atoms with Gasteiger partial charge in [0.05, 0.1) is 12.5 Å². The Morgan fingerprint density at radius 1 is 1.67 bits per heavy atom. The molecule has 1 aliphatic rings. The van der Waals surface area contributed by atoms with Gasteiger partial charge in [0, 0.05) is 29.8 Å². The Morgan fingerprint density at radius 3 is 2.94 bits per heavy atom. The Balaban J connectivity index is 2.18. The maximum atomic E-state index is 12.4. The van der Waals surface area contributed by atoms with Gasteiger partial charge in [-0.25, -0.2) is 0 Å². The summed E-state index contributed by atoms with van der Waals surface area (Å²) in [4.78, 5) is 14.1. The van der Waals surface area contributed by atoms with Crippen LogP contribution in [-0.2, 0) is 0 Å². The summed E-state index contributed by atoms with van der Waals surface area (Å²) in [5, 5.41) is 8.62. The van der Waals surface area contributed by atoms with Crippen LogP contribution >= 0.6 is 15.9 Å². The van der Waals surface area contributed by atoms with Crippen molar-refractivity contribution >= 4 is 21.8 Å². The van der Waals surface area contributed by atoms with Gasteiger partial charge in [-0.05, 0) is 41.8 Å². The van der Waals surface area contributed by atoms with Crippen molar-refractivity contribution in [2.24, 2.45) is 0 Å². The van der Waals surface area contributed by atoms with Crippen molar-refractivity contribution in [2.45, 2.75) is 32.2 Å². The Bertz CT molecular complexity index is 485. The largest absolute Gasteiger partial charge is 0.339 e. The summed E-state index contributed by atoms with van der Waals surface area (Å²) in [6, 6.07) is 4.43. The minimum atomic E-state index is 0.0188. The highest BCUT2D eigenvalue weighted by molar-refractivity contribution is 9.10. The van der Waals surface area contributed by atoms with Crippen molar-refractivity contribution in [3.05, 3.63) is 22.4 Å². The molecule has 0 unspecified atom stereocenters. The maximum Gasteiger partial charge on any atom is 0.270 e. The van der Waals surface area contributed by atoms with Crippen LogP contribution in [0.4, 0.5) is 0 Å². The molecule has 1 heterocycles. The van der Waals surface area contributed by atoms with Crippen LogP contribution in [0.5, 0.6) is 0 Å². The van der Waals surface area contributed by atoms with E-state index in [-0.39, 0.29) is 5.91 Å². The number of hydrogen-bond donors (Lipinski definition) is 0. The average molecular weight is 310 g/mol. The molecule has 1 saturated carbocycles. The van der Waals surface area contributed by atoms with Crippen molar-refractivity contribution < 1.29 is 4.79 Å². The highest BCUT2D eigenvalue weighted by Gasteiger charge is 2.29. The summed E-state index contributed by atoms with van der Waals surface area (Å²) in [5.41, 5.74) is 0.726. The first-order valence-corrected chi connectivity index (χ1v) is 7.00. The van der Waals surface area contributed by atoms with Crippen molar-refractivity contribution in [1.82, 2.24) is 9.47 Å². The highest BCUT2D eigenvalue weighted by Crippen LogP contribution is 2.37. The fraction of sp³-hybridized carbons (Fsp3) is 0.538. The minimum Gasteiger partial charge on any atom is -0.339 e. The van der Waals surface area contributed by atoms with Crippen molar-refractivity contribution in [1.29, 1.82) is 5.26 Å². The van der Waals surface area contributed by atoms with Crippen LogP contribution in [0.2, 0.25) is 0 Å². The van der Waals surface area contributed by atoms with Gasteiger partial charge >= 0.3 is 0 Å². The summed E-state index contributed by atoms with van der Waals surface area (Å²) in [6.07, 6.45) is 4.64. The second-order valence-corrected chi connectivity index (χ2v) is 5.39. The molecule has 0 N–H and O–H groups in total. The van der Waals surface area contributed by atoms with E-state index in [2.05, 4.69) is 26.6 Å². The quantitative estimate of drug-likeness (QED) is 0.839. The zero-order valence-corrected chi connectivity index (χ0v) is 12.0. The van der Waals surface area contributed by atoms with E-state index in [1.165, 1.54) is 0 Å². The van der Waals surface area contributed by atoms with Crippen LogP contribution in [0.1, 0.15) is 42.7 Å². The molecule has 18 heavy (non-hydrogen) atoms. The van der Waals surface area contributed by atoms with Gasteiger partial charge in [0.25, 0.3) is 5.91 Å². The molecule has 0 spiro atoms. The van der Waals surface area contributed by atoms with Crippen LogP contribution in [-0.4, -0.2) is 28.5 Å². The van der Waals surface area contributed by atoms with Crippen molar-refractivity contribution in [2.75, 3.05) is 13.1 Å². The summed E-state index contributed by atoms with van der Waals surface area (Å²) < 4.78 is 3.00. The zero-order chi connectivity index (χ0) is 13.1. The third-order valence-electron chi connectivity index (χ3n) is 3.14. The topological polar surface area (TPSA) is 49.0 Å². The number of amides is 1. The lowest BCUT2D eigenvalue weighted by atomic mass is 10.3. The summed E-state index contributed by atoms with van der Waals surface area (Å²) >= 11 is 3.43. The smallest absolute Gasteiger partial charge is 0.270 e. The number of hydrogen-bond acceptors (Lipinski definition) is 2. The summed E-state index contributed by atoms with van der Waals surface area (Å²) in [7, 11) is 0. The van der Waals surface area contributed by atoms with Crippen LogP contribution in [0, 0.1) is 11.3 Å². The minimum absolute atomic E-state index is 0.0188.